The van der Waals surface area contributed by atoms with Gasteiger partial charge in [0.15, 0.2) is 11.2 Å². The number of anilines is 2. The molecule has 0 fully saturated rings. The summed E-state index contributed by atoms with van der Waals surface area (Å²) in [6, 6.07) is 41.3. The van der Waals surface area contributed by atoms with Gasteiger partial charge in [-0.2, -0.15) is 0 Å². The van der Waals surface area contributed by atoms with E-state index in [1.807, 2.05) is 124 Å². The summed E-state index contributed by atoms with van der Waals surface area (Å²) in [6.45, 7) is 6.02. The lowest BCUT2D eigenvalue weighted by atomic mass is 10.1. The van der Waals surface area contributed by atoms with E-state index in [1.165, 1.54) is 5.56 Å². The van der Waals surface area contributed by atoms with Gasteiger partial charge in [-0.3, -0.25) is 9.59 Å². The minimum Gasteiger partial charge on any atom is -0.497 e. The average molecular weight is 717 g/mol. The number of nitrogens with zero attached hydrogens (tertiary/aromatic N) is 2. The van der Waals surface area contributed by atoms with E-state index in [-0.39, 0.29) is 19.2 Å². The summed E-state index contributed by atoms with van der Waals surface area (Å²) in [7, 11) is 1.63. The van der Waals surface area contributed by atoms with Crippen molar-refractivity contribution in [1.29, 1.82) is 0 Å². The highest BCUT2D eigenvalue weighted by molar-refractivity contribution is 6.05. The van der Waals surface area contributed by atoms with E-state index in [0.717, 1.165) is 28.0 Å². The van der Waals surface area contributed by atoms with Crippen molar-refractivity contribution in [2.24, 2.45) is 0 Å². The number of hydrogen-bond donors (Lipinski definition) is 2. The van der Waals surface area contributed by atoms with E-state index in [4.69, 9.17) is 13.6 Å². The molecule has 0 bridgehead atoms. The van der Waals surface area contributed by atoms with Crippen LogP contribution in [-0.4, -0.2) is 28.9 Å². The molecule has 8 rings (SSSR count). The van der Waals surface area contributed by atoms with Crippen molar-refractivity contribution in [2.45, 2.75) is 28.2 Å². The monoisotopic (exact) mass is 716 g/mol. The molecule has 9 nitrogen and oxygen atoms in total. The Morgan fingerprint density at radius 1 is 0.519 bits per heavy atom. The number of nitrogens with one attached hydrogen (secondary N) is 2. The minimum atomic E-state index is -0.159. The number of ether oxygens (including phenoxy) is 1. The predicted molar refractivity (Wildman–Crippen MR) is 215 cm³/mol. The summed E-state index contributed by atoms with van der Waals surface area (Å²) >= 11 is 0. The van der Waals surface area contributed by atoms with Crippen LogP contribution >= 0.6 is 0 Å². The first kappa shape index (κ1) is 36.8. The first-order chi connectivity index (χ1) is 25.7. The van der Waals surface area contributed by atoms with Crippen molar-refractivity contribution in [3.63, 3.8) is 0 Å². The van der Waals surface area contributed by atoms with Gasteiger partial charge < -0.3 is 24.2 Å². The van der Waals surface area contributed by atoms with E-state index in [0.29, 0.717) is 56.5 Å². The van der Waals surface area contributed by atoms with Gasteiger partial charge in [-0.25, -0.2) is 9.97 Å². The Bertz CT molecular complexity index is 2530. The number of methoxy groups -OCH3 is 1. The summed E-state index contributed by atoms with van der Waals surface area (Å²) in [5, 5.41) is 5.80. The van der Waals surface area contributed by atoms with Gasteiger partial charge in [0.25, 0.3) is 11.8 Å². The number of carbonyl (C=O) groups is 2. The molecule has 0 saturated heterocycles. The van der Waals surface area contributed by atoms with Gasteiger partial charge in [-0.15, -0.1) is 0 Å². The number of aromatic nitrogens is 2. The quantitative estimate of drug-likeness (QED) is 0.168. The molecule has 0 aliphatic carbocycles. The van der Waals surface area contributed by atoms with Gasteiger partial charge in [0.1, 0.15) is 16.8 Å². The van der Waals surface area contributed by atoms with Gasteiger partial charge in [0.05, 0.1) is 7.11 Å². The van der Waals surface area contributed by atoms with Gasteiger partial charge >= 0.3 is 0 Å². The molecule has 9 heteroatoms. The van der Waals surface area contributed by atoms with E-state index in [1.54, 1.807) is 37.4 Å². The lowest BCUT2D eigenvalue weighted by Gasteiger charge is -2.05. The summed E-state index contributed by atoms with van der Waals surface area (Å²) < 4.78 is 16.8. The summed E-state index contributed by atoms with van der Waals surface area (Å²) in [4.78, 5) is 33.8. The van der Waals surface area contributed by atoms with Crippen LogP contribution in [0.1, 0.15) is 44.8 Å². The topological polar surface area (TPSA) is 119 Å². The van der Waals surface area contributed by atoms with Crippen LogP contribution in [0.15, 0.2) is 142 Å². The van der Waals surface area contributed by atoms with Crippen LogP contribution in [0.2, 0.25) is 0 Å². The highest BCUT2D eigenvalue weighted by Crippen LogP contribution is 2.29. The number of carbonyl (C=O) groups excluding carboxylic acids is 2. The molecule has 0 radical (unpaired) electrons. The smallest absolute Gasteiger partial charge is 0.255 e. The standard InChI is InChI=1S/C22H18N2O3.C22H18N2O2.CH4/c1-14-3-5-15(6-4-14)21(25)23-17-9-12-20-19(13-17)24-22(27-20)16-7-10-18(26-2)11-8-16;1-14-3-7-16(8-4-14)21(25)23-18-11-12-20-19(13-18)24-22(26-20)17-9-5-15(2)6-10-17;/h3-13H,1-2H3,(H,23,25);3-13H,1-2H3,(H,23,25);1H4. The molecule has 0 atom stereocenters. The Kier molecular flexibility index (Phi) is 11.0. The summed E-state index contributed by atoms with van der Waals surface area (Å²) in [5.41, 5.74) is 10.5. The fourth-order valence-electron chi connectivity index (χ4n) is 5.50. The lowest BCUT2D eigenvalue weighted by Crippen LogP contribution is -2.11. The fourth-order valence-corrected chi connectivity index (χ4v) is 5.50. The van der Waals surface area contributed by atoms with Gasteiger partial charge in [0, 0.05) is 33.6 Å². The number of hydrogen-bond acceptors (Lipinski definition) is 7. The molecule has 0 unspecified atom stereocenters. The zero-order valence-corrected chi connectivity index (χ0v) is 29.6. The predicted octanol–water partition coefficient (Wildman–Crippen LogP) is 11.1. The maximum atomic E-state index is 12.4. The first-order valence-electron chi connectivity index (χ1n) is 17.0. The fraction of sp³-hybridized carbons (Fsp3) is 0.111. The highest BCUT2D eigenvalue weighted by atomic mass is 16.5. The Balaban J connectivity index is 0.000000181. The van der Waals surface area contributed by atoms with E-state index in [9.17, 15) is 9.59 Å². The molecule has 6 aromatic carbocycles. The van der Waals surface area contributed by atoms with Crippen LogP contribution in [0, 0.1) is 20.8 Å². The third kappa shape index (κ3) is 8.54. The van der Waals surface area contributed by atoms with Crippen molar-refractivity contribution in [2.75, 3.05) is 17.7 Å². The molecule has 0 spiro atoms. The molecule has 2 N–H and O–H groups in total. The van der Waals surface area contributed by atoms with Crippen LogP contribution in [0.3, 0.4) is 0 Å². The third-order valence-electron chi connectivity index (χ3n) is 8.55. The molecular formula is C45H40N4O5. The minimum absolute atomic E-state index is 0. The highest BCUT2D eigenvalue weighted by Gasteiger charge is 2.13. The van der Waals surface area contributed by atoms with Crippen molar-refractivity contribution < 1.29 is 23.2 Å². The van der Waals surface area contributed by atoms with Gasteiger partial charge in [-0.05, 0) is 118 Å². The van der Waals surface area contributed by atoms with Crippen LogP contribution < -0.4 is 15.4 Å². The molecule has 270 valence electrons. The Labute approximate surface area is 313 Å². The second-order valence-electron chi connectivity index (χ2n) is 12.6. The second-order valence-corrected chi connectivity index (χ2v) is 12.6. The lowest BCUT2D eigenvalue weighted by molar-refractivity contribution is 0.101. The number of amides is 2. The molecule has 0 aliphatic rings. The molecule has 54 heavy (non-hydrogen) atoms. The molecule has 8 aromatic rings. The van der Waals surface area contributed by atoms with Crippen molar-refractivity contribution in [3.05, 3.63) is 161 Å². The van der Waals surface area contributed by atoms with Crippen LogP contribution in [0.5, 0.6) is 5.75 Å². The number of aryl methyl sites for hydroxylation is 3. The van der Waals surface area contributed by atoms with Crippen molar-refractivity contribution >= 4 is 45.4 Å². The summed E-state index contributed by atoms with van der Waals surface area (Å²) in [5.74, 6) is 1.56. The second kappa shape index (κ2) is 16.1. The Morgan fingerprint density at radius 2 is 0.889 bits per heavy atom. The van der Waals surface area contributed by atoms with Crippen molar-refractivity contribution in [1.82, 2.24) is 9.97 Å². The summed E-state index contributed by atoms with van der Waals surface area (Å²) in [6.07, 6.45) is 0. The van der Waals surface area contributed by atoms with Crippen LogP contribution in [0.4, 0.5) is 11.4 Å². The number of rotatable bonds is 7. The SMILES string of the molecule is C.COc1ccc(-c2nc3cc(NC(=O)c4ccc(C)cc4)ccc3o2)cc1.Cc1ccc(C(=O)Nc2ccc3oc(-c4ccc(C)cc4)nc3c2)cc1. The zero-order chi connectivity index (χ0) is 36.9. The van der Waals surface area contributed by atoms with Crippen molar-refractivity contribution in [3.8, 4) is 28.7 Å². The molecule has 0 aliphatic heterocycles. The molecular weight excluding hydrogens is 677 g/mol. The van der Waals surface area contributed by atoms with Crippen LogP contribution in [-0.2, 0) is 0 Å². The normalized spacial score (nSPS) is 10.6. The van der Waals surface area contributed by atoms with Gasteiger partial charge in [0.2, 0.25) is 11.8 Å². The molecule has 2 heterocycles. The zero-order valence-electron chi connectivity index (χ0n) is 29.6. The number of benzene rings is 6. The largest absolute Gasteiger partial charge is 0.497 e. The number of oxazole rings is 2. The molecule has 2 amide bonds. The molecule has 2 aromatic heterocycles. The maximum absolute atomic E-state index is 12.4. The van der Waals surface area contributed by atoms with E-state index < -0.39 is 0 Å². The Hall–Kier alpha value is -7.00. The van der Waals surface area contributed by atoms with E-state index in [2.05, 4.69) is 20.6 Å². The average Bonchev–Trinajstić information content (AvgIpc) is 3.80. The van der Waals surface area contributed by atoms with Gasteiger partial charge in [-0.1, -0.05) is 60.5 Å². The first-order valence-corrected chi connectivity index (χ1v) is 17.0. The van der Waals surface area contributed by atoms with Crippen LogP contribution in [0.25, 0.3) is 45.1 Å². The van der Waals surface area contributed by atoms with E-state index >= 15 is 0 Å². The third-order valence-corrected chi connectivity index (χ3v) is 8.55. The number of fused-ring (bicyclic) bond motifs is 2. The molecule has 0 saturated carbocycles. The Morgan fingerprint density at radius 3 is 1.28 bits per heavy atom. The maximum Gasteiger partial charge on any atom is 0.255 e.